The van der Waals surface area contributed by atoms with Crippen molar-refractivity contribution in [1.29, 1.82) is 0 Å². The van der Waals surface area contributed by atoms with E-state index in [4.69, 9.17) is 18.7 Å². The SMILES string of the molecule is CCOC(=O)n1cc(COCCOCCP(C)(=O)OCC)nn1. The van der Waals surface area contributed by atoms with Gasteiger partial charge in [-0.15, -0.1) is 5.10 Å². The zero-order chi connectivity index (χ0) is 17.1. The molecule has 23 heavy (non-hydrogen) atoms. The number of hydrogen-bond donors (Lipinski definition) is 0. The van der Waals surface area contributed by atoms with Crippen molar-refractivity contribution in [3.05, 3.63) is 11.9 Å². The first-order chi connectivity index (χ1) is 11.0. The first-order valence-corrected chi connectivity index (χ1v) is 9.69. The summed E-state index contributed by atoms with van der Waals surface area (Å²) in [5.41, 5.74) is 0.521. The summed E-state index contributed by atoms with van der Waals surface area (Å²) in [4.78, 5) is 11.4. The second-order valence-corrected chi connectivity index (χ2v) is 7.41. The highest BCUT2D eigenvalue weighted by molar-refractivity contribution is 7.58. The van der Waals surface area contributed by atoms with Crippen molar-refractivity contribution in [2.75, 3.05) is 45.9 Å². The average Bonchev–Trinajstić information content (AvgIpc) is 2.95. The van der Waals surface area contributed by atoms with Gasteiger partial charge in [-0.05, 0) is 13.8 Å². The van der Waals surface area contributed by atoms with Gasteiger partial charge in [0.1, 0.15) is 5.69 Å². The van der Waals surface area contributed by atoms with Gasteiger partial charge in [0.2, 0.25) is 7.37 Å². The second kappa shape index (κ2) is 10.5. The van der Waals surface area contributed by atoms with E-state index in [1.807, 2.05) is 6.92 Å². The zero-order valence-electron chi connectivity index (χ0n) is 13.8. The van der Waals surface area contributed by atoms with E-state index in [0.717, 1.165) is 4.68 Å². The van der Waals surface area contributed by atoms with Crippen molar-refractivity contribution in [2.24, 2.45) is 0 Å². The zero-order valence-corrected chi connectivity index (χ0v) is 14.7. The lowest BCUT2D eigenvalue weighted by Gasteiger charge is -2.12. The highest BCUT2D eigenvalue weighted by Gasteiger charge is 2.14. The van der Waals surface area contributed by atoms with Crippen LogP contribution in [0.1, 0.15) is 19.5 Å². The molecule has 0 N–H and O–H groups in total. The third-order valence-corrected chi connectivity index (χ3v) is 4.46. The summed E-state index contributed by atoms with van der Waals surface area (Å²) in [6.45, 7) is 7.13. The molecular weight excluding hydrogens is 325 g/mol. The second-order valence-electron chi connectivity index (χ2n) is 4.67. The Labute approximate surface area is 135 Å². The Morgan fingerprint density at radius 3 is 2.65 bits per heavy atom. The van der Waals surface area contributed by atoms with Gasteiger partial charge in [0.15, 0.2) is 0 Å². The maximum atomic E-state index is 11.8. The van der Waals surface area contributed by atoms with Crippen molar-refractivity contribution in [1.82, 2.24) is 15.0 Å². The van der Waals surface area contributed by atoms with E-state index in [9.17, 15) is 9.36 Å². The van der Waals surface area contributed by atoms with Crippen LogP contribution in [0.5, 0.6) is 0 Å². The fourth-order valence-corrected chi connectivity index (χ4v) is 2.74. The number of carbonyl (C=O) groups excluding carboxylic acids is 1. The van der Waals surface area contributed by atoms with Crippen molar-refractivity contribution in [2.45, 2.75) is 20.5 Å². The van der Waals surface area contributed by atoms with Gasteiger partial charge in [-0.3, -0.25) is 4.57 Å². The van der Waals surface area contributed by atoms with Gasteiger partial charge in [-0.25, -0.2) is 4.79 Å². The molecule has 1 heterocycles. The minimum atomic E-state index is -2.54. The van der Waals surface area contributed by atoms with Gasteiger partial charge in [0.25, 0.3) is 0 Å². The molecule has 1 atom stereocenters. The van der Waals surface area contributed by atoms with Crippen LogP contribution in [-0.2, 0) is 29.9 Å². The minimum absolute atomic E-state index is 0.216. The maximum Gasteiger partial charge on any atom is 0.436 e. The Balaban J connectivity index is 2.11. The highest BCUT2D eigenvalue weighted by atomic mass is 31.2. The monoisotopic (exact) mass is 349 g/mol. The lowest BCUT2D eigenvalue weighted by atomic mass is 10.5. The smallest absolute Gasteiger partial charge is 0.436 e. The third kappa shape index (κ3) is 8.22. The summed E-state index contributed by atoms with van der Waals surface area (Å²) in [5.74, 6) is 0. The van der Waals surface area contributed by atoms with E-state index in [0.29, 0.717) is 38.3 Å². The number of hydrogen-bond acceptors (Lipinski definition) is 8. The molecule has 0 amide bonds. The third-order valence-electron chi connectivity index (χ3n) is 2.66. The minimum Gasteiger partial charge on any atom is -0.448 e. The summed E-state index contributed by atoms with van der Waals surface area (Å²) < 4.78 is 33.4. The fourth-order valence-electron chi connectivity index (χ4n) is 1.61. The number of nitrogens with zero attached hydrogens (tertiary/aromatic N) is 3. The molecule has 9 nitrogen and oxygen atoms in total. The van der Waals surface area contributed by atoms with Crippen LogP contribution >= 0.6 is 7.37 Å². The number of aromatic nitrogens is 3. The lowest BCUT2D eigenvalue weighted by Crippen LogP contribution is -2.14. The largest absolute Gasteiger partial charge is 0.448 e. The summed E-state index contributed by atoms with van der Waals surface area (Å²) in [6, 6.07) is 0. The van der Waals surface area contributed by atoms with Gasteiger partial charge < -0.3 is 18.7 Å². The molecule has 0 aliphatic carbocycles. The summed E-state index contributed by atoms with van der Waals surface area (Å²) in [7, 11) is -2.54. The first-order valence-electron chi connectivity index (χ1n) is 7.43. The van der Waals surface area contributed by atoms with Crippen LogP contribution in [0.15, 0.2) is 6.20 Å². The predicted octanol–water partition coefficient (Wildman–Crippen LogP) is 1.76. The van der Waals surface area contributed by atoms with Gasteiger partial charge in [-0.1, -0.05) is 5.21 Å². The molecule has 1 rings (SSSR count). The Kier molecular flexibility index (Phi) is 9.01. The molecule has 0 saturated heterocycles. The number of ether oxygens (including phenoxy) is 3. The molecule has 0 aromatic carbocycles. The molecule has 1 aromatic heterocycles. The van der Waals surface area contributed by atoms with Gasteiger partial charge in [-0.2, -0.15) is 4.68 Å². The van der Waals surface area contributed by atoms with E-state index in [1.54, 1.807) is 13.6 Å². The molecule has 0 bridgehead atoms. The number of rotatable bonds is 11. The molecule has 132 valence electrons. The van der Waals surface area contributed by atoms with Crippen LogP contribution in [0.4, 0.5) is 4.79 Å². The molecule has 1 unspecified atom stereocenters. The van der Waals surface area contributed by atoms with E-state index in [-0.39, 0.29) is 13.2 Å². The standard InChI is InChI=1S/C13H24N3O6P/c1-4-21-13(17)16-10-12(14-15-16)11-20-7-6-19-8-9-23(3,18)22-5-2/h10H,4-9,11H2,1-3H3. The predicted molar refractivity (Wildman–Crippen MR) is 82.9 cm³/mol. The molecule has 0 aliphatic rings. The summed E-state index contributed by atoms with van der Waals surface area (Å²) in [6.07, 6.45) is 1.26. The molecule has 10 heteroatoms. The Morgan fingerprint density at radius 1 is 1.22 bits per heavy atom. The molecule has 0 saturated carbocycles. The van der Waals surface area contributed by atoms with Gasteiger partial charge >= 0.3 is 6.09 Å². The molecule has 0 fully saturated rings. The average molecular weight is 349 g/mol. The van der Waals surface area contributed by atoms with Crippen LogP contribution in [0.2, 0.25) is 0 Å². The van der Waals surface area contributed by atoms with Crippen LogP contribution in [-0.4, -0.2) is 66.9 Å². The molecule has 0 aliphatic heterocycles. The normalized spacial score (nSPS) is 13.7. The van der Waals surface area contributed by atoms with Crippen LogP contribution in [0, 0.1) is 0 Å². The first kappa shape index (κ1) is 19.8. The van der Waals surface area contributed by atoms with Gasteiger partial charge in [0.05, 0.1) is 45.8 Å². The van der Waals surface area contributed by atoms with E-state index in [2.05, 4.69) is 10.3 Å². The van der Waals surface area contributed by atoms with Crippen LogP contribution in [0.3, 0.4) is 0 Å². The van der Waals surface area contributed by atoms with E-state index in [1.165, 1.54) is 6.20 Å². The van der Waals surface area contributed by atoms with Crippen molar-refractivity contribution >= 4 is 13.5 Å². The summed E-state index contributed by atoms with van der Waals surface area (Å²) in [5, 5.41) is 7.44. The van der Waals surface area contributed by atoms with Crippen molar-refractivity contribution in [3.63, 3.8) is 0 Å². The Bertz CT molecular complexity index is 522. The van der Waals surface area contributed by atoms with Gasteiger partial charge in [0, 0.05) is 12.8 Å². The van der Waals surface area contributed by atoms with Crippen LogP contribution < -0.4 is 0 Å². The Hall–Kier alpha value is -1.28. The van der Waals surface area contributed by atoms with E-state index < -0.39 is 13.5 Å². The van der Waals surface area contributed by atoms with Crippen molar-refractivity contribution in [3.8, 4) is 0 Å². The molecular formula is C13H24N3O6P. The highest BCUT2D eigenvalue weighted by Crippen LogP contribution is 2.41. The summed E-state index contributed by atoms with van der Waals surface area (Å²) >= 11 is 0. The molecule has 0 spiro atoms. The Morgan fingerprint density at radius 2 is 1.96 bits per heavy atom. The molecule has 1 aromatic rings. The lowest BCUT2D eigenvalue weighted by molar-refractivity contribution is 0.0441. The quantitative estimate of drug-likeness (QED) is 0.440. The topological polar surface area (TPSA) is 102 Å². The van der Waals surface area contributed by atoms with Crippen molar-refractivity contribution < 1.29 is 28.1 Å². The maximum absolute atomic E-state index is 11.8. The fraction of sp³-hybridized carbons (Fsp3) is 0.769. The number of carbonyl (C=O) groups is 1. The molecule has 0 radical (unpaired) electrons. The van der Waals surface area contributed by atoms with Crippen LogP contribution in [0.25, 0.3) is 0 Å². The van der Waals surface area contributed by atoms with E-state index >= 15 is 0 Å².